The van der Waals surface area contributed by atoms with Crippen LogP contribution in [0.3, 0.4) is 0 Å². The van der Waals surface area contributed by atoms with E-state index < -0.39 is 0 Å². The van der Waals surface area contributed by atoms with Crippen molar-refractivity contribution < 1.29 is 9.59 Å². The number of nitrogens with one attached hydrogen (secondary N) is 2. The largest absolute Gasteiger partial charge is 0.271 e. The zero-order valence-electron chi connectivity index (χ0n) is 12.2. The van der Waals surface area contributed by atoms with Gasteiger partial charge in [0, 0.05) is 20.1 Å². The molecule has 0 unspecified atom stereocenters. The highest BCUT2D eigenvalue weighted by atomic mass is 79.9. The van der Waals surface area contributed by atoms with Crippen LogP contribution in [0.25, 0.3) is 0 Å². The van der Waals surface area contributed by atoms with Gasteiger partial charge in [0.05, 0.1) is 12.4 Å². The number of hydrogen-bond acceptors (Lipinski definition) is 4. The van der Waals surface area contributed by atoms with E-state index in [-0.39, 0.29) is 11.8 Å². The molecule has 0 radical (unpaired) electrons. The Morgan fingerprint density at radius 3 is 1.58 bits per heavy atom. The summed E-state index contributed by atoms with van der Waals surface area (Å²) in [4.78, 5) is 23.6. The number of amides is 2. The number of rotatable bonds is 5. The number of halogens is 2. The van der Waals surface area contributed by atoms with Crippen LogP contribution < -0.4 is 10.9 Å². The van der Waals surface area contributed by atoms with E-state index >= 15 is 0 Å². The standard InChI is InChI=1S/C16H12Br2N4O2/c17-13-5-1-3-11(9-13)15(23)21-19-7-8-20-22-16(24)12-4-2-6-14(18)10-12/h1-10H,(H,21,23)(H,22,24)/b19-7-,20-8-. The zero-order valence-corrected chi connectivity index (χ0v) is 15.4. The van der Waals surface area contributed by atoms with Crippen molar-refractivity contribution in [2.24, 2.45) is 10.2 Å². The first-order valence-corrected chi connectivity index (χ1v) is 8.31. The van der Waals surface area contributed by atoms with Crippen LogP contribution in [0, 0.1) is 0 Å². The molecule has 122 valence electrons. The van der Waals surface area contributed by atoms with E-state index in [2.05, 4.69) is 52.9 Å². The average Bonchev–Trinajstić information content (AvgIpc) is 2.57. The highest BCUT2D eigenvalue weighted by Gasteiger charge is 2.04. The molecule has 0 aliphatic rings. The monoisotopic (exact) mass is 450 g/mol. The van der Waals surface area contributed by atoms with Crippen LogP contribution in [0.15, 0.2) is 67.7 Å². The summed E-state index contributed by atoms with van der Waals surface area (Å²) in [5, 5.41) is 7.43. The Hall–Kier alpha value is -2.32. The lowest BCUT2D eigenvalue weighted by Gasteiger charge is -2.00. The van der Waals surface area contributed by atoms with E-state index in [4.69, 9.17) is 0 Å². The summed E-state index contributed by atoms with van der Waals surface area (Å²) in [6.07, 6.45) is 2.52. The van der Waals surface area contributed by atoms with Crippen LogP contribution >= 0.6 is 31.9 Å². The first kappa shape index (κ1) is 18.0. The van der Waals surface area contributed by atoms with Crippen LogP contribution in [-0.4, -0.2) is 24.2 Å². The summed E-state index contributed by atoms with van der Waals surface area (Å²) < 4.78 is 1.60. The SMILES string of the molecule is O=C(N/N=C\C=N/NC(=O)c1cccc(Br)c1)c1cccc(Br)c1. The van der Waals surface area contributed by atoms with Gasteiger partial charge in [-0.1, -0.05) is 44.0 Å². The third-order valence-corrected chi connectivity index (χ3v) is 3.71. The van der Waals surface area contributed by atoms with E-state index in [0.717, 1.165) is 8.95 Å². The maximum atomic E-state index is 11.8. The summed E-state index contributed by atoms with van der Waals surface area (Å²) in [5.74, 6) is -0.696. The summed E-state index contributed by atoms with van der Waals surface area (Å²) >= 11 is 6.57. The van der Waals surface area contributed by atoms with Crippen molar-refractivity contribution in [2.45, 2.75) is 0 Å². The molecule has 0 atom stereocenters. The number of carbonyl (C=O) groups is 2. The topological polar surface area (TPSA) is 82.9 Å². The molecular formula is C16H12Br2N4O2. The zero-order chi connectivity index (χ0) is 17.4. The Balaban J connectivity index is 1.80. The summed E-state index contributed by atoms with van der Waals surface area (Å²) in [6, 6.07) is 13.8. The molecule has 24 heavy (non-hydrogen) atoms. The highest BCUT2D eigenvalue weighted by molar-refractivity contribution is 9.10. The molecule has 0 aliphatic carbocycles. The van der Waals surface area contributed by atoms with Gasteiger partial charge in [0.2, 0.25) is 0 Å². The van der Waals surface area contributed by atoms with Gasteiger partial charge in [-0.05, 0) is 36.4 Å². The fourth-order valence-corrected chi connectivity index (χ4v) is 2.45. The first-order valence-electron chi connectivity index (χ1n) is 6.73. The lowest BCUT2D eigenvalue weighted by molar-refractivity contribution is 0.0946. The molecular weight excluding hydrogens is 440 g/mol. The first-order chi connectivity index (χ1) is 11.6. The summed E-state index contributed by atoms with van der Waals surface area (Å²) in [5.41, 5.74) is 5.65. The maximum absolute atomic E-state index is 11.8. The van der Waals surface area contributed by atoms with Crippen molar-refractivity contribution in [3.8, 4) is 0 Å². The van der Waals surface area contributed by atoms with Gasteiger partial charge in [-0.3, -0.25) is 9.59 Å². The number of carbonyl (C=O) groups excluding carboxylic acids is 2. The Morgan fingerprint density at radius 2 is 1.21 bits per heavy atom. The van der Waals surface area contributed by atoms with Gasteiger partial charge < -0.3 is 0 Å². The predicted octanol–water partition coefficient (Wildman–Crippen LogP) is 3.34. The van der Waals surface area contributed by atoms with Gasteiger partial charge in [-0.25, -0.2) is 10.9 Å². The van der Waals surface area contributed by atoms with Crippen LogP contribution in [-0.2, 0) is 0 Å². The van der Waals surface area contributed by atoms with E-state index in [1.54, 1.807) is 36.4 Å². The lowest BCUT2D eigenvalue weighted by Crippen LogP contribution is -2.19. The normalized spacial score (nSPS) is 10.9. The molecule has 2 amide bonds. The fourth-order valence-electron chi connectivity index (χ4n) is 1.65. The Morgan fingerprint density at radius 1 is 0.792 bits per heavy atom. The smallest absolute Gasteiger partial charge is 0.267 e. The summed E-state index contributed by atoms with van der Waals surface area (Å²) in [7, 11) is 0. The third-order valence-electron chi connectivity index (χ3n) is 2.72. The van der Waals surface area contributed by atoms with Gasteiger partial charge in [-0.15, -0.1) is 0 Å². The molecule has 0 fully saturated rings. The number of nitrogens with zero attached hydrogens (tertiary/aromatic N) is 2. The number of hydrogen-bond donors (Lipinski definition) is 2. The molecule has 0 heterocycles. The molecule has 6 nitrogen and oxygen atoms in total. The van der Waals surface area contributed by atoms with Gasteiger partial charge >= 0.3 is 0 Å². The van der Waals surface area contributed by atoms with Crippen molar-refractivity contribution in [1.82, 2.24) is 10.9 Å². The van der Waals surface area contributed by atoms with E-state index in [9.17, 15) is 9.59 Å². The van der Waals surface area contributed by atoms with E-state index in [0.29, 0.717) is 11.1 Å². The molecule has 0 saturated carbocycles. The van der Waals surface area contributed by atoms with Crippen molar-refractivity contribution in [2.75, 3.05) is 0 Å². The minimum atomic E-state index is -0.348. The minimum Gasteiger partial charge on any atom is -0.267 e. The van der Waals surface area contributed by atoms with Crippen LogP contribution in [0.5, 0.6) is 0 Å². The maximum Gasteiger partial charge on any atom is 0.271 e. The quantitative estimate of drug-likeness (QED) is 0.539. The summed E-state index contributed by atoms with van der Waals surface area (Å²) in [6.45, 7) is 0. The molecule has 0 bridgehead atoms. The van der Waals surface area contributed by atoms with E-state index in [1.165, 1.54) is 12.4 Å². The van der Waals surface area contributed by atoms with Crippen LogP contribution in [0.2, 0.25) is 0 Å². The van der Waals surface area contributed by atoms with Crippen molar-refractivity contribution in [3.05, 3.63) is 68.6 Å². The second-order valence-electron chi connectivity index (χ2n) is 4.46. The van der Waals surface area contributed by atoms with Gasteiger partial charge in [-0.2, -0.15) is 10.2 Å². The van der Waals surface area contributed by atoms with Crippen LogP contribution in [0.1, 0.15) is 20.7 Å². The van der Waals surface area contributed by atoms with Crippen LogP contribution in [0.4, 0.5) is 0 Å². The molecule has 0 spiro atoms. The third kappa shape index (κ3) is 5.71. The van der Waals surface area contributed by atoms with E-state index in [1.807, 2.05) is 12.1 Å². The average molecular weight is 452 g/mol. The molecule has 0 saturated heterocycles. The van der Waals surface area contributed by atoms with Crippen molar-refractivity contribution >= 4 is 56.1 Å². The number of hydrazone groups is 2. The predicted molar refractivity (Wildman–Crippen MR) is 100 cm³/mol. The Bertz CT molecular complexity index is 739. The Kier molecular flexibility index (Phi) is 6.83. The minimum absolute atomic E-state index is 0.348. The van der Waals surface area contributed by atoms with Gasteiger partial charge in [0.1, 0.15) is 0 Å². The second kappa shape index (κ2) is 9.09. The van der Waals surface area contributed by atoms with Gasteiger partial charge in [0.15, 0.2) is 0 Å². The second-order valence-corrected chi connectivity index (χ2v) is 6.29. The molecule has 2 aromatic carbocycles. The lowest BCUT2D eigenvalue weighted by atomic mass is 10.2. The van der Waals surface area contributed by atoms with Gasteiger partial charge in [0.25, 0.3) is 11.8 Å². The fraction of sp³-hybridized carbons (Fsp3) is 0. The molecule has 0 aromatic heterocycles. The van der Waals surface area contributed by atoms with Crippen molar-refractivity contribution in [3.63, 3.8) is 0 Å². The number of benzene rings is 2. The molecule has 2 N–H and O–H groups in total. The molecule has 2 aromatic rings. The molecule has 8 heteroatoms. The van der Waals surface area contributed by atoms with Crippen molar-refractivity contribution in [1.29, 1.82) is 0 Å². The molecule has 2 rings (SSSR count). The highest BCUT2D eigenvalue weighted by Crippen LogP contribution is 2.12. The Labute approximate surface area is 155 Å². The molecule has 0 aliphatic heterocycles.